The Hall–Kier alpha value is -4.82. The van der Waals surface area contributed by atoms with Gasteiger partial charge in [0.2, 0.25) is 35.4 Å². The fourth-order valence-corrected chi connectivity index (χ4v) is 10.1. The number of amides is 6. The minimum Gasteiger partial charge on any atom is -0.347 e. The van der Waals surface area contributed by atoms with Crippen molar-refractivity contribution in [3.05, 3.63) is 70.8 Å². The van der Waals surface area contributed by atoms with Crippen LogP contribution in [0.25, 0.3) is 0 Å². The minimum atomic E-state index is -0.798. The van der Waals surface area contributed by atoms with Crippen molar-refractivity contribution >= 4 is 35.4 Å². The lowest BCUT2D eigenvalue weighted by molar-refractivity contribution is -0.145. The van der Waals surface area contributed by atoms with Crippen molar-refractivity contribution in [2.24, 2.45) is 0 Å². The Morgan fingerprint density at radius 3 is 1.36 bits per heavy atom. The number of unbranched alkanes of at least 4 members (excludes halogenated alkanes) is 3. The molecule has 2 aliphatic carbocycles. The SMILES string of the molecule is CNC(C)C(=O)NC(CCCCCCC(NC(=O)C(C)NC)C(=O)N1CCCCC1C(=O)NC1CCCc2ccccc21)C(=O)N1CCCCC1C(=O)NC1CCCc2ccccc21. The van der Waals surface area contributed by atoms with Gasteiger partial charge in [0, 0.05) is 13.1 Å². The number of hydrogen-bond donors (Lipinski definition) is 6. The number of aryl methyl sites for hydroxylation is 2. The summed E-state index contributed by atoms with van der Waals surface area (Å²) in [5.74, 6) is -1.32. The second-order valence-electron chi connectivity index (χ2n) is 18.5. The van der Waals surface area contributed by atoms with E-state index >= 15 is 0 Å². The summed E-state index contributed by atoms with van der Waals surface area (Å²) in [5.41, 5.74) is 4.80. The molecule has 2 saturated heterocycles. The normalized spacial score (nSPS) is 22.7. The van der Waals surface area contributed by atoms with Crippen LogP contribution in [0.3, 0.4) is 0 Å². The molecule has 6 N–H and O–H groups in total. The summed E-state index contributed by atoms with van der Waals surface area (Å²) in [5, 5.41) is 18.5. The van der Waals surface area contributed by atoms with Gasteiger partial charge in [-0.05, 0) is 140 Å². The lowest BCUT2D eigenvalue weighted by Gasteiger charge is -2.38. The van der Waals surface area contributed by atoms with E-state index < -0.39 is 36.3 Å². The molecule has 6 rings (SSSR count). The molecule has 14 heteroatoms. The molecule has 0 saturated carbocycles. The number of rotatable bonds is 19. The van der Waals surface area contributed by atoms with Crippen LogP contribution in [0.4, 0.5) is 0 Å². The number of carbonyl (C=O) groups excluding carboxylic acids is 6. The quantitative estimate of drug-likeness (QED) is 0.110. The van der Waals surface area contributed by atoms with Gasteiger partial charge in [-0.2, -0.15) is 0 Å². The number of nitrogens with one attached hydrogen (secondary N) is 6. The third-order valence-electron chi connectivity index (χ3n) is 14.2. The Kier molecular flexibility index (Phi) is 18.2. The van der Waals surface area contributed by atoms with Gasteiger partial charge in [-0.15, -0.1) is 0 Å². The van der Waals surface area contributed by atoms with Gasteiger partial charge in [-0.25, -0.2) is 0 Å². The molecule has 8 unspecified atom stereocenters. The summed E-state index contributed by atoms with van der Waals surface area (Å²) < 4.78 is 0. The topological polar surface area (TPSA) is 181 Å². The summed E-state index contributed by atoms with van der Waals surface area (Å²) in [6.07, 6.45) is 13.6. The van der Waals surface area contributed by atoms with E-state index in [1.165, 1.54) is 11.1 Å². The van der Waals surface area contributed by atoms with Crippen molar-refractivity contribution in [3.8, 4) is 0 Å². The molecule has 8 atom stereocenters. The van der Waals surface area contributed by atoms with Crippen molar-refractivity contribution in [2.45, 2.75) is 178 Å². The molecular formula is C50H74N8O6. The van der Waals surface area contributed by atoms with Crippen molar-refractivity contribution in [2.75, 3.05) is 27.2 Å². The fourth-order valence-electron chi connectivity index (χ4n) is 10.1. The van der Waals surface area contributed by atoms with Crippen LogP contribution < -0.4 is 31.9 Å². The number of piperidine rings is 2. The van der Waals surface area contributed by atoms with Crippen LogP contribution in [0.1, 0.15) is 151 Å². The number of fused-ring (bicyclic) bond motifs is 2. The third-order valence-corrected chi connectivity index (χ3v) is 14.2. The molecule has 0 spiro atoms. The van der Waals surface area contributed by atoms with E-state index in [-0.39, 0.29) is 47.5 Å². The second kappa shape index (κ2) is 23.9. The molecular weight excluding hydrogens is 809 g/mol. The van der Waals surface area contributed by atoms with Crippen LogP contribution in [-0.4, -0.2) is 109 Å². The molecule has 350 valence electrons. The predicted molar refractivity (Wildman–Crippen MR) is 248 cm³/mol. The van der Waals surface area contributed by atoms with Crippen molar-refractivity contribution < 1.29 is 28.8 Å². The van der Waals surface area contributed by atoms with Crippen LogP contribution in [0.5, 0.6) is 0 Å². The smallest absolute Gasteiger partial charge is 0.245 e. The summed E-state index contributed by atoms with van der Waals surface area (Å²) in [6.45, 7) is 4.40. The maximum Gasteiger partial charge on any atom is 0.245 e. The molecule has 14 nitrogen and oxygen atoms in total. The van der Waals surface area contributed by atoms with Crippen LogP contribution in [0.15, 0.2) is 48.5 Å². The van der Waals surface area contributed by atoms with Crippen molar-refractivity contribution in [3.63, 3.8) is 0 Å². The Labute approximate surface area is 380 Å². The van der Waals surface area contributed by atoms with Gasteiger partial charge < -0.3 is 41.7 Å². The van der Waals surface area contributed by atoms with E-state index in [0.717, 1.165) is 88.2 Å². The summed E-state index contributed by atoms with van der Waals surface area (Å²) in [7, 11) is 3.40. The summed E-state index contributed by atoms with van der Waals surface area (Å²) >= 11 is 0. The van der Waals surface area contributed by atoms with E-state index in [9.17, 15) is 28.8 Å². The second-order valence-corrected chi connectivity index (χ2v) is 18.5. The Morgan fingerprint density at radius 2 is 0.953 bits per heavy atom. The number of nitrogens with zero attached hydrogens (tertiary/aromatic N) is 2. The van der Waals surface area contributed by atoms with Crippen LogP contribution in [0.2, 0.25) is 0 Å². The first-order valence-corrected chi connectivity index (χ1v) is 24.3. The molecule has 2 aromatic rings. The lowest BCUT2D eigenvalue weighted by atomic mass is 9.87. The lowest BCUT2D eigenvalue weighted by Crippen LogP contribution is -2.59. The first kappa shape index (κ1) is 48.6. The highest BCUT2D eigenvalue weighted by Crippen LogP contribution is 2.32. The van der Waals surface area contributed by atoms with Gasteiger partial charge in [0.1, 0.15) is 24.2 Å². The molecule has 0 aromatic heterocycles. The molecule has 4 aliphatic rings. The predicted octanol–water partition coefficient (Wildman–Crippen LogP) is 4.66. The maximum absolute atomic E-state index is 14.4. The summed E-state index contributed by atoms with van der Waals surface area (Å²) in [4.78, 5) is 86.5. The van der Waals surface area contributed by atoms with Gasteiger partial charge >= 0.3 is 0 Å². The van der Waals surface area contributed by atoms with Crippen LogP contribution in [-0.2, 0) is 41.6 Å². The molecule has 0 bridgehead atoms. The number of hydrogen-bond acceptors (Lipinski definition) is 8. The number of likely N-dealkylation sites (N-methyl/N-ethyl adjacent to an activating group) is 2. The van der Waals surface area contributed by atoms with Crippen LogP contribution in [0, 0.1) is 0 Å². The third kappa shape index (κ3) is 12.5. The first-order valence-electron chi connectivity index (χ1n) is 24.3. The fraction of sp³-hybridized carbons (Fsp3) is 0.640. The maximum atomic E-state index is 14.4. The molecule has 2 aromatic carbocycles. The van der Waals surface area contributed by atoms with Crippen LogP contribution >= 0.6 is 0 Å². The highest BCUT2D eigenvalue weighted by atomic mass is 16.2. The van der Waals surface area contributed by atoms with Crippen molar-refractivity contribution in [1.82, 2.24) is 41.7 Å². The van der Waals surface area contributed by atoms with E-state index in [2.05, 4.69) is 56.2 Å². The Morgan fingerprint density at radius 1 is 0.547 bits per heavy atom. The molecule has 2 heterocycles. The number of benzene rings is 2. The van der Waals surface area contributed by atoms with E-state index in [4.69, 9.17) is 0 Å². The number of likely N-dealkylation sites (tertiary alicyclic amines) is 2. The van der Waals surface area contributed by atoms with Crippen molar-refractivity contribution in [1.29, 1.82) is 0 Å². The zero-order valence-electron chi connectivity index (χ0n) is 38.7. The molecule has 64 heavy (non-hydrogen) atoms. The number of carbonyl (C=O) groups is 6. The zero-order chi connectivity index (χ0) is 45.6. The van der Waals surface area contributed by atoms with Gasteiger partial charge in [0.15, 0.2) is 0 Å². The average molecular weight is 883 g/mol. The van der Waals surface area contributed by atoms with Gasteiger partial charge in [-0.3, -0.25) is 28.8 Å². The molecule has 0 radical (unpaired) electrons. The van der Waals surface area contributed by atoms with E-state index in [1.807, 2.05) is 24.3 Å². The average Bonchev–Trinajstić information content (AvgIpc) is 3.33. The largest absolute Gasteiger partial charge is 0.347 e. The monoisotopic (exact) mass is 883 g/mol. The molecule has 2 aliphatic heterocycles. The van der Waals surface area contributed by atoms with E-state index in [1.54, 1.807) is 37.7 Å². The Bertz CT molecular complexity index is 1790. The standard InChI is InChI=1S/C50H74N8O6/c1-33(51-3)45(59)55-41(49(63)57-31-15-13-29-43(57)47(61)53-39-27-17-21-35-19-9-11-23-37(35)39)25-7-5-6-8-26-42(56-46(60)34(2)52-4)50(64)58-32-16-14-30-44(58)48(62)54-40-28-18-22-36-20-10-12-24-38(36)40/h9-12,19-20,23-24,33-34,39-44,51-52H,5-8,13-18,21-22,25-32H2,1-4H3,(H,53,61)(H,54,62)(H,55,59)(H,56,60). The summed E-state index contributed by atoms with van der Waals surface area (Å²) in [6, 6.07) is 12.5. The first-order chi connectivity index (χ1) is 31.0. The van der Waals surface area contributed by atoms with E-state index in [0.29, 0.717) is 51.6 Å². The molecule has 6 amide bonds. The highest BCUT2D eigenvalue weighted by molar-refractivity contribution is 5.94. The van der Waals surface area contributed by atoms with Gasteiger partial charge in [-0.1, -0.05) is 74.2 Å². The zero-order valence-corrected chi connectivity index (χ0v) is 38.7. The Balaban J connectivity index is 1.07. The van der Waals surface area contributed by atoms with Gasteiger partial charge in [0.25, 0.3) is 0 Å². The molecule has 2 fully saturated rings. The highest BCUT2D eigenvalue weighted by Gasteiger charge is 2.39. The minimum absolute atomic E-state index is 0.0935. The van der Waals surface area contributed by atoms with Gasteiger partial charge in [0.05, 0.1) is 24.2 Å².